The normalized spacial score (nSPS) is 10.4. The maximum atomic E-state index is 12.2. The fourth-order valence-electron chi connectivity index (χ4n) is 1.75. The van der Waals surface area contributed by atoms with E-state index in [0.29, 0.717) is 24.7 Å². The molecule has 0 aliphatic rings. The highest BCUT2D eigenvalue weighted by Crippen LogP contribution is 2.16. The smallest absolute Gasteiger partial charge is 0.323 e. The van der Waals surface area contributed by atoms with Gasteiger partial charge in [-0.05, 0) is 17.4 Å². The monoisotopic (exact) mass is 273 g/mol. The fourth-order valence-corrected chi connectivity index (χ4v) is 1.95. The first-order valence-electron chi connectivity index (χ1n) is 5.68. The standard InChI is InChI=1S/C11H16ClN3O3/c1-3-7-14(8-6-12)11(16)9-4-5-10(13(9)2)15(17)18/h4-5H,3,6-8H2,1-2H3. The zero-order valence-corrected chi connectivity index (χ0v) is 11.2. The molecule has 0 aliphatic heterocycles. The predicted molar refractivity (Wildman–Crippen MR) is 69.0 cm³/mol. The second-order valence-corrected chi connectivity index (χ2v) is 4.25. The molecule has 0 bridgehead atoms. The summed E-state index contributed by atoms with van der Waals surface area (Å²) in [6, 6.07) is 2.80. The SMILES string of the molecule is CCCN(CCCl)C(=O)c1ccc([N+](=O)[O-])n1C. The third kappa shape index (κ3) is 3.01. The molecule has 100 valence electrons. The second-order valence-electron chi connectivity index (χ2n) is 3.87. The molecular weight excluding hydrogens is 258 g/mol. The van der Waals surface area contributed by atoms with E-state index in [-0.39, 0.29) is 11.7 Å². The lowest BCUT2D eigenvalue weighted by molar-refractivity contribution is -0.391. The number of nitro groups is 1. The Labute approximate surface area is 110 Å². The quantitative estimate of drug-likeness (QED) is 0.452. The molecule has 0 N–H and O–H groups in total. The number of rotatable bonds is 6. The van der Waals surface area contributed by atoms with Crippen molar-refractivity contribution in [2.24, 2.45) is 7.05 Å². The maximum absolute atomic E-state index is 12.2. The minimum absolute atomic E-state index is 0.0966. The van der Waals surface area contributed by atoms with Crippen molar-refractivity contribution in [1.29, 1.82) is 0 Å². The lowest BCUT2D eigenvalue weighted by Crippen LogP contribution is -2.34. The van der Waals surface area contributed by atoms with Crippen LogP contribution >= 0.6 is 11.6 Å². The van der Waals surface area contributed by atoms with E-state index in [1.54, 1.807) is 4.90 Å². The van der Waals surface area contributed by atoms with Crippen molar-refractivity contribution in [3.05, 3.63) is 27.9 Å². The van der Waals surface area contributed by atoms with Crippen LogP contribution in [0.4, 0.5) is 5.82 Å². The van der Waals surface area contributed by atoms with Gasteiger partial charge in [-0.25, -0.2) is 4.57 Å². The van der Waals surface area contributed by atoms with Gasteiger partial charge in [0.2, 0.25) is 0 Å². The number of hydrogen-bond donors (Lipinski definition) is 0. The Morgan fingerprint density at radius 1 is 1.50 bits per heavy atom. The van der Waals surface area contributed by atoms with Gasteiger partial charge in [0.25, 0.3) is 5.91 Å². The van der Waals surface area contributed by atoms with Gasteiger partial charge in [0, 0.05) is 25.0 Å². The van der Waals surface area contributed by atoms with Gasteiger partial charge in [0.05, 0.1) is 7.05 Å². The molecule has 0 spiro atoms. The summed E-state index contributed by atoms with van der Waals surface area (Å²) in [6.07, 6.45) is 0.815. The number of halogens is 1. The van der Waals surface area contributed by atoms with Crippen molar-refractivity contribution in [3.63, 3.8) is 0 Å². The average molecular weight is 274 g/mol. The van der Waals surface area contributed by atoms with Crippen molar-refractivity contribution in [2.45, 2.75) is 13.3 Å². The highest BCUT2D eigenvalue weighted by Gasteiger charge is 2.24. The molecule has 6 nitrogen and oxygen atoms in total. The molecule has 1 amide bonds. The highest BCUT2D eigenvalue weighted by molar-refractivity contribution is 6.18. The van der Waals surface area contributed by atoms with E-state index in [4.69, 9.17) is 11.6 Å². The summed E-state index contributed by atoms with van der Waals surface area (Å²) >= 11 is 5.65. The van der Waals surface area contributed by atoms with Gasteiger partial charge in [-0.3, -0.25) is 4.79 Å². The van der Waals surface area contributed by atoms with Crippen molar-refractivity contribution >= 4 is 23.3 Å². The number of aromatic nitrogens is 1. The Hall–Kier alpha value is -1.56. The van der Waals surface area contributed by atoms with Crippen LogP contribution in [0.25, 0.3) is 0 Å². The summed E-state index contributed by atoms with van der Waals surface area (Å²) in [4.78, 5) is 24.0. The number of hydrogen-bond acceptors (Lipinski definition) is 3. The zero-order valence-electron chi connectivity index (χ0n) is 10.4. The molecule has 0 saturated carbocycles. The van der Waals surface area contributed by atoms with E-state index in [9.17, 15) is 14.9 Å². The Balaban J connectivity index is 2.98. The fraction of sp³-hybridized carbons (Fsp3) is 0.545. The average Bonchev–Trinajstić information content (AvgIpc) is 2.70. The summed E-state index contributed by atoms with van der Waals surface area (Å²) in [5.41, 5.74) is 0.306. The van der Waals surface area contributed by atoms with Gasteiger partial charge in [-0.2, -0.15) is 0 Å². The topological polar surface area (TPSA) is 68.4 Å². The van der Waals surface area contributed by atoms with Crippen LogP contribution < -0.4 is 0 Å². The van der Waals surface area contributed by atoms with Gasteiger partial charge in [0.1, 0.15) is 0 Å². The van der Waals surface area contributed by atoms with Crippen LogP contribution in [0.5, 0.6) is 0 Å². The first-order chi connectivity index (χ1) is 8.52. The summed E-state index contributed by atoms with van der Waals surface area (Å²) in [6.45, 7) is 2.99. The number of carbonyl (C=O) groups excluding carboxylic acids is 1. The van der Waals surface area contributed by atoms with Gasteiger partial charge in [-0.1, -0.05) is 6.92 Å². The minimum atomic E-state index is -0.511. The van der Waals surface area contributed by atoms with Crippen LogP contribution in [0.2, 0.25) is 0 Å². The molecule has 1 aromatic rings. The Morgan fingerprint density at radius 3 is 2.61 bits per heavy atom. The second kappa shape index (κ2) is 6.39. The van der Waals surface area contributed by atoms with E-state index in [1.165, 1.54) is 23.7 Å². The molecule has 1 rings (SSSR count). The molecule has 1 heterocycles. The summed E-state index contributed by atoms with van der Waals surface area (Å²) in [5.74, 6) is 0.0203. The van der Waals surface area contributed by atoms with Gasteiger partial charge >= 0.3 is 5.82 Å². The molecule has 0 aromatic carbocycles. The Kier molecular flexibility index (Phi) is 5.15. The van der Waals surface area contributed by atoms with Crippen LogP contribution in [-0.2, 0) is 7.05 Å². The van der Waals surface area contributed by atoms with Crippen LogP contribution in [0, 0.1) is 10.1 Å². The summed E-state index contributed by atoms with van der Waals surface area (Å²) < 4.78 is 1.29. The third-order valence-electron chi connectivity index (χ3n) is 2.64. The lowest BCUT2D eigenvalue weighted by atomic mass is 10.3. The van der Waals surface area contributed by atoms with Gasteiger partial charge in [0.15, 0.2) is 5.69 Å². The molecule has 1 aromatic heterocycles. The first-order valence-corrected chi connectivity index (χ1v) is 6.21. The van der Waals surface area contributed by atoms with Crippen LogP contribution in [0.15, 0.2) is 12.1 Å². The van der Waals surface area contributed by atoms with E-state index in [0.717, 1.165) is 6.42 Å². The minimum Gasteiger partial charge on any atom is -0.358 e. The molecule has 0 unspecified atom stereocenters. The molecular formula is C11H16ClN3O3. The Bertz CT molecular complexity index is 439. The van der Waals surface area contributed by atoms with Gasteiger partial charge in [-0.15, -0.1) is 11.6 Å². The van der Waals surface area contributed by atoms with Crippen LogP contribution in [0.1, 0.15) is 23.8 Å². The maximum Gasteiger partial charge on any atom is 0.323 e. The molecule has 0 atom stereocenters. The van der Waals surface area contributed by atoms with Crippen LogP contribution in [-0.4, -0.2) is 39.3 Å². The van der Waals surface area contributed by atoms with E-state index in [1.807, 2.05) is 6.92 Å². The molecule has 7 heteroatoms. The predicted octanol–water partition coefficient (Wildman–Crippen LogP) is 2.02. The molecule has 18 heavy (non-hydrogen) atoms. The number of carbonyl (C=O) groups is 1. The third-order valence-corrected chi connectivity index (χ3v) is 2.81. The van der Waals surface area contributed by atoms with Crippen molar-refractivity contribution in [1.82, 2.24) is 9.47 Å². The number of nitrogens with zero attached hydrogens (tertiary/aromatic N) is 3. The Morgan fingerprint density at radius 2 is 2.17 bits per heavy atom. The lowest BCUT2D eigenvalue weighted by Gasteiger charge is -2.19. The van der Waals surface area contributed by atoms with E-state index < -0.39 is 4.92 Å². The number of amides is 1. The molecule has 0 radical (unpaired) electrons. The van der Waals surface area contributed by atoms with Crippen molar-refractivity contribution in [3.8, 4) is 0 Å². The van der Waals surface area contributed by atoms with Crippen molar-refractivity contribution in [2.75, 3.05) is 19.0 Å². The zero-order chi connectivity index (χ0) is 13.7. The van der Waals surface area contributed by atoms with Crippen molar-refractivity contribution < 1.29 is 9.72 Å². The van der Waals surface area contributed by atoms with E-state index in [2.05, 4.69) is 0 Å². The molecule has 0 fully saturated rings. The van der Waals surface area contributed by atoms with Crippen LogP contribution in [0.3, 0.4) is 0 Å². The van der Waals surface area contributed by atoms with Gasteiger partial charge < -0.3 is 15.0 Å². The molecule has 0 aliphatic carbocycles. The van der Waals surface area contributed by atoms with E-state index >= 15 is 0 Å². The largest absolute Gasteiger partial charge is 0.358 e. The number of alkyl halides is 1. The summed E-state index contributed by atoms with van der Waals surface area (Å²) in [7, 11) is 1.51. The molecule has 0 saturated heterocycles. The highest BCUT2D eigenvalue weighted by atomic mass is 35.5. The first kappa shape index (κ1) is 14.5. The summed E-state index contributed by atoms with van der Waals surface area (Å²) in [5, 5.41) is 10.7.